The molecule has 3 aromatic carbocycles. The van der Waals surface area contributed by atoms with Gasteiger partial charge in [0.25, 0.3) is 0 Å². The fourth-order valence-electron chi connectivity index (χ4n) is 3.30. The zero-order valence-electron chi connectivity index (χ0n) is 16.4. The molecular weight excluding hydrogens is 378 g/mol. The van der Waals surface area contributed by atoms with Crippen molar-refractivity contribution in [2.45, 2.75) is 6.42 Å². The Morgan fingerprint density at radius 3 is 2.47 bits per heavy atom. The lowest BCUT2D eigenvalue weighted by Crippen LogP contribution is -2.14. The second kappa shape index (κ2) is 8.53. The summed E-state index contributed by atoms with van der Waals surface area (Å²) in [6.07, 6.45) is 2.17. The monoisotopic (exact) mass is 399 g/mol. The van der Waals surface area contributed by atoms with Crippen molar-refractivity contribution < 1.29 is 14.3 Å². The van der Waals surface area contributed by atoms with Gasteiger partial charge in [-0.1, -0.05) is 24.3 Å². The van der Waals surface area contributed by atoms with E-state index in [1.807, 2.05) is 60.8 Å². The number of benzene rings is 3. The van der Waals surface area contributed by atoms with Crippen molar-refractivity contribution >= 4 is 39.8 Å². The van der Waals surface area contributed by atoms with Crippen molar-refractivity contribution in [3.8, 4) is 0 Å². The van der Waals surface area contributed by atoms with Crippen LogP contribution in [0.15, 0.2) is 79.0 Å². The molecule has 0 atom stereocenters. The molecule has 0 saturated heterocycles. The average Bonchev–Trinajstić information content (AvgIpc) is 3.17. The van der Waals surface area contributed by atoms with Crippen LogP contribution in [0, 0.1) is 0 Å². The molecule has 150 valence electrons. The van der Waals surface area contributed by atoms with Crippen LogP contribution >= 0.6 is 0 Å². The average molecular weight is 399 g/mol. The molecule has 30 heavy (non-hydrogen) atoms. The molecule has 0 aliphatic heterocycles. The number of carbonyl (C=O) groups is 2. The fourth-order valence-corrected chi connectivity index (χ4v) is 3.30. The van der Waals surface area contributed by atoms with E-state index in [2.05, 4.69) is 15.6 Å². The summed E-state index contributed by atoms with van der Waals surface area (Å²) in [7, 11) is 1.36. The molecular formula is C24H21N3O3. The van der Waals surface area contributed by atoms with Crippen molar-refractivity contribution in [3.63, 3.8) is 0 Å². The topological polar surface area (TPSA) is 83.2 Å². The van der Waals surface area contributed by atoms with Crippen LogP contribution in [-0.4, -0.2) is 24.0 Å². The molecule has 0 aliphatic carbocycles. The molecule has 1 amide bonds. The standard InChI is InChI=1S/C24H21N3O3/c1-30-24(29)16-5-4-6-20(13-16)26-18-9-11-19(12-10-18)27-23(28)14-17-15-25-22-8-3-2-7-21(17)22/h2-13,15,25-26H,14H2,1H3,(H,27,28). The third kappa shape index (κ3) is 4.33. The minimum atomic E-state index is -0.382. The first-order valence-corrected chi connectivity index (χ1v) is 9.53. The van der Waals surface area contributed by atoms with Gasteiger partial charge in [-0.25, -0.2) is 4.79 Å². The number of aromatic nitrogens is 1. The first-order chi connectivity index (χ1) is 14.6. The number of carbonyl (C=O) groups excluding carboxylic acids is 2. The summed E-state index contributed by atoms with van der Waals surface area (Å²) in [5.41, 5.74) is 4.79. The highest BCUT2D eigenvalue weighted by atomic mass is 16.5. The first-order valence-electron chi connectivity index (χ1n) is 9.53. The summed E-state index contributed by atoms with van der Waals surface area (Å²) >= 11 is 0. The number of fused-ring (bicyclic) bond motifs is 1. The Balaban J connectivity index is 1.39. The van der Waals surface area contributed by atoms with Gasteiger partial charge in [-0.05, 0) is 54.1 Å². The smallest absolute Gasteiger partial charge is 0.337 e. The van der Waals surface area contributed by atoms with E-state index in [1.54, 1.807) is 18.2 Å². The Labute approximate surface area is 173 Å². The van der Waals surface area contributed by atoms with Gasteiger partial charge < -0.3 is 20.4 Å². The van der Waals surface area contributed by atoms with Crippen molar-refractivity contribution in [3.05, 3.63) is 90.1 Å². The Kier molecular flexibility index (Phi) is 5.48. The summed E-state index contributed by atoms with van der Waals surface area (Å²) < 4.78 is 4.75. The van der Waals surface area contributed by atoms with E-state index < -0.39 is 0 Å². The molecule has 3 N–H and O–H groups in total. The number of rotatable bonds is 6. The highest BCUT2D eigenvalue weighted by Crippen LogP contribution is 2.21. The molecule has 4 rings (SSSR count). The minimum absolute atomic E-state index is 0.0776. The van der Waals surface area contributed by atoms with Gasteiger partial charge in [0.05, 0.1) is 19.1 Å². The molecule has 6 nitrogen and oxygen atoms in total. The number of nitrogens with one attached hydrogen (secondary N) is 3. The molecule has 0 bridgehead atoms. The predicted octanol–water partition coefficient (Wildman–Crippen LogP) is 4.88. The van der Waals surface area contributed by atoms with Gasteiger partial charge >= 0.3 is 5.97 Å². The van der Waals surface area contributed by atoms with Crippen molar-refractivity contribution in [2.24, 2.45) is 0 Å². The van der Waals surface area contributed by atoms with Gasteiger partial charge in [0.2, 0.25) is 5.91 Å². The summed E-state index contributed by atoms with van der Waals surface area (Å²) in [4.78, 5) is 27.3. The number of H-pyrrole nitrogens is 1. The van der Waals surface area contributed by atoms with E-state index in [4.69, 9.17) is 4.74 Å². The number of aromatic amines is 1. The van der Waals surface area contributed by atoms with Crippen molar-refractivity contribution in [1.29, 1.82) is 0 Å². The van der Waals surface area contributed by atoms with E-state index >= 15 is 0 Å². The van der Waals surface area contributed by atoms with Gasteiger partial charge in [-0.2, -0.15) is 0 Å². The SMILES string of the molecule is COC(=O)c1cccc(Nc2ccc(NC(=O)Cc3c[nH]c4ccccc34)cc2)c1. The van der Waals surface area contributed by atoms with E-state index in [9.17, 15) is 9.59 Å². The lowest BCUT2D eigenvalue weighted by Gasteiger charge is -2.10. The van der Waals surface area contributed by atoms with Gasteiger partial charge in [0.1, 0.15) is 0 Å². The van der Waals surface area contributed by atoms with Crippen LogP contribution in [-0.2, 0) is 16.0 Å². The lowest BCUT2D eigenvalue weighted by atomic mass is 10.1. The molecule has 0 fully saturated rings. The van der Waals surface area contributed by atoms with E-state index in [1.165, 1.54) is 7.11 Å². The van der Waals surface area contributed by atoms with E-state index in [0.29, 0.717) is 17.7 Å². The summed E-state index contributed by atoms with van der Waals surface area (Å²) in [5.74, 6) is -0.460. The maximum atomic E-state index is 12.4. The predicted molar refractivity (Wildman–Crippen MR) is 118 cm³/mol. The third-order valence-corrected chi connectivity index (χ3v) is 4.77. The molecule has 6 heteroatoms. The normalized spacial score (nSPS) is 10.6. The van der Waals surface area contributed by atoms with Gasteiger partial charge in [-0.3, -0.25) is 4.79 Å². The zero-order chi connectivity index (χ0) is 20.9. The van der Waals surface area contributed by atoms with Crippen LogP contribution < -0.4 is 10.6 Å². The lowest BCUT2D eigenvalue weighted by molar-refractivity contribution is -0.115. The maximum absolute atomic E-state index is 12.4. The number of amides is 1. The van der Waals surface area contributed by atoms with E-state index in [-0.39, 0.29) is 11.9 Å². The maximum Gasteiger partial charge on any atom is 0.337 e. The van der Waals surface area contributed by atoms with Crippen molar-refractivity contribution in [2.75, 3.05) is 17.7 Å². The van der Waals surface area contributed by atoms with Crippen LogP contribution in [0.1, 0.15) is 15.9 Å². The van der Waals surface area contributed by atoms with E-state index in [0.717, 1.165) is 27.8 Å². The second-order valence-corrected chi connectivity index (χ2v) is 6.86. The number of methoxy groups -OCH3 is 1. The quantitative estimate of drug-likeness (QED) is 0.404. The largest absolute Gasteiger partial charge is 0.465 e. The zero-order valence-corrected chi connectivity index (χ0v) is 16.4. The van der Waals surface area contributed by atoms with Crippen LogP contribution in [0.25, 0.3) is 10.9 Å². The Morgan fingerprint density at radius 2 is 1.67 bits per heavy atom. The molecule has 1 heterocycles. The molecule has 0 spiro atoms. The van der Waals surface area contributed by atoms with Gasteiger partial charge in [0.15, 0.2) is 0 Å². The Morgan fingerprint density at radius 1 is 0.900 bits per heavy atom. The van der Waals surface area contributed by atoms with Crippen molar-refractivity contribution in [1.82, 2.24) is 4.98 Å². The molecule has 0 saturated carbocycles. The van der Waals surface area contributed by atoms with Crippen LogP contribution in [0.5, 0.6) is 0 Å². The number of anilines is 3. The summed E-state index contributed by atoms with van der Waals surface area (Å²) in [6, 6.07) is 22.4. The van der Waals surface area contributed by atoms with Crippen LogP contribution in [0.2, 0.25) is 0 Å². The fraction of sp³-hybridized carbons (Fsp3) is 0.0833. The van der Waals surface area contributed by atoms with Crippen LogP contribution in [0.4, 0.5) is 17.1 Å². The van der Waals surface area contributed by atoms with Gasteiger partial charge in [0, 0.05) is 34.2 Å². The summed E-state index contributed by atoms with van der Waals surface area (Å²) in [5, 5.41) is 7.22. The van der Waals surface area contributed by atoms with Crippen LogP contribution in [0.3, 0.4) is 0 Å². The highest BCUT2D eigenvalue weighted by molar-refractivity contribution is 5.96. The molecule has 4 aromatic rings. The summed E-state index contributed by atoms with van der Waals surface area (Å²) in [6.45, 7) is 0. The number of esters is 1. The highest BCUT2D eigenvalue weighted by Gasteiger charge is 2.09. The molecule has 1 aromatic heterocycles. The third-order valence-electron chi connectivity index (χ3n) is 4.77. The number of ether oxygens (including phenoxy) is 1. The minimum Gasteiger partial charge on any atom is -0.465 e. The number of hydrogen-bond acceptors (Lipinski definition) is 4. The Bertz CT molecular complexity index is 1200. The number of hydrogen-bond donors (Lipinski definition) is 3. The first kappa shape index (κ1) is 19.3. The molecule has 0 radical (unpaired) electrons. The second-order valence-electron chi connectivity index (χ2n) is 6.86. The Hall–Kier alpha value is -4.06. The molecule has 0 aliphatic rings. The van der Waals surface area contributed by atoms with Gasteiger partial charge in [-0.15, -0.1) is 0 Å². The number of para-hydroxylation sites is 1. The molecule has 0 unspecified atom stereocenters.